The van der Waals surface area contributed by atoms with Crippen molar-refractivity contribution in [1.29, 1.82) is 0 Å². The molecular weight excluding hydrogens is 925 g/mol. The van der Waals surface area contributed by atoms with Crippen LogP contribution in [0.3, 0.4) is 0 Å². The molecule has 384 valence electrons. The monoisotopic (exact) mass is 996 g/mol. The van der Waals surface area contributed by atoms with Gasteiger partial charge in [-0.3, -0.25) is 19.2 Å². The molecule has 2 N–H and O–H groups in total. The Bertz CT molecular complexity index is 2420. The number of hydrogen-bond acceptors (Lipinski definition) is 13. The molecular formula is C56H72N2O12S. The SMILES string of the molecule is COc1cc(OC)c(CSC(=O)[C@@H](NC(=O)[C@@H](CC(=O)[C@H](CCC(=O)OC(C)(C)C)NC(=O)OCC2c3ccccc3-c3ccccc32)Cc2ccc(OC(C)(C)C)cc2)[C@@H](C)OC(C)(C)C)c(OC)c1. The van der Waals surface area contributed by atoms with Crippen LogP contribution >= 0.6 is 11.8 Å². The minimum Gasteiger partial charge on any atom is -0.496 e. The van der Waals surface area contributed by atoms with Gasteiger partial charge in [0.05, 0.1) is 39.1 Å². The maximum atomic E-state index is 14.8. The summed E-state index contributed by atoms with van der Waals surface area (Å²) in [6, 6.07) is 24.1. The topological polar surface area (TPSA) is 174 Å². The molecule has 0 saturated heterocycles. The zero-order chi connectivity index (χ0) is 52.3. The summed E-state index contributed by atoms with van der Waals surface area (Å²) in [5, 5.41) is 5.29. The van der Waals surface area contributed by atoms with Crippen LogP contribution in [0.5, 0.6) is 23.0 Å². The van der Waals surface area contributed by atoms with Gasteiger partial charge < -0.3 is 43.8 Å². The number of Topliss-reactive ketones (excluding diaryl/α,β-unsaturated/α-hetero) is 1. The van der Waals surface area contributed by atoms with Gasteiger partial charge in [-0.2, -0.15) is 0 Å². The van der Waals surface area contributed by atoms with Crippen LogP contribution in [0.4, 0.5) is 4.79 Å². The highest BCUT2D eigenvalue weighted by molar-refractivity contribution is 8.13. The predicted molar refractivity (Wildman–Crippen MR) is 275 cm³/mol. The van der Waals surface area contributed by atoms with Crippen LogP contribution in [0.15, 0.2) is 84.9 Å². The zero-order valence-electron chi connectivity index (χ0n) is 43.5. The second-order valence-corrected chi connectivity index (χ2v) is 21.6. The highest BCUT2D eigenvalue weighted by atomic mass is 32.2. The fourth-order valence-electron chi connectivity index (χ4n) is 8.44. The number of rotatable bonds is 22. The Balaban J connectivity index is 1.43. The van der Waals surface area contributed by atoms with E-state index in [2.05, 4.69) is 10.6 Å². The first-order chi connectivity index (χ1) is 33.4. The smallest absolute Gasteiger partial charge is 0.407 e. The van der Waals surface area contributed by atoms with E-state index >= 15 is 0 Å². The lowest BCUT2D eigenvalue weighted by Gasteiger charge is -2.31. The summed E-state index contributed by atoms with van der Waals surface area (Å²) in [6.45, 7) is 18.3. The lowest BCUT2D eigenvalue weighted by Crippen LogP contribution is -2.52. The average Bonchev–Trinajstić information content (AvgIpc) is 3.62. The number of carbonyl (C=O) groups excluding carboxylic acids is 5. The van der Waals surface area contributed by atoms with Crippen molar-refractivity contribution in [3.63, 3.8) is 0 Å². The second kappa shape index (κ2) is 24.4. The number of nitrogens with one attached hydrogen (secondary N) is 2. The molecule has 0 saturated carbocycles. The molecule has 5 rings (SSSR count). The van der Waals surface area contributed by atoms with Crippen LogP contribution < -0.4 is 29.6 Å². The van der Waals surface area contributed by atoms with Crippen LogP contribution in [0.25, 0.3) is 11.1 Å². The van der Waals surface area contributed by atoms with E-state index in [1.165, 1.54) is 21.3 Å². The van der Waals surface area contributed by atoms with Crippen LogP contribution in [-0.4, -0.2) is 91.8 Å². The van der Waals surface area contributed by atoms with E-state index < -0.39 is 69.8 Å². The fourth-order valence-corrected chi connectivity index (χ4v) is 9.44. The van der Waals surface area contributed by atoms with Crippen molar-refractivity contribution >= 4 is 40.6 Å². The number of amides is 2. The van der Waals surface area contributed by atoms with Crippen molar-refractivity contribution in [3.05, 3.63) is 107 Å². The van der Waals surface area contributed by atoms with E-state index in [-0.39, 0.29) is 44.0 Å². The average molecular weight is 997 g/mol. The quantitative estimate of drug-likeness (QED) is 0.0713. The molecule has 4 aromatic carbocycles. The number of fused-ring (bicyclic) bond motifs is 3. The number of thioether (sulfide) groups is 1. The number of ketones is 1. The van der Waals surface area contributed by atoms with Crippen molar-refractivity contribution in [2.75, 3.05) is 27.9 Å². The predicted octanol–water partition coefficient (Wildman–Crippen LogP) is 10.2. The summed E-state index contributed by atoms with van der Waals surface area (Å²) >= 11 is 0.952. The summed E-state index contributed by atoms with van der Waals surface area (Å²) in [5.41, 5.74) is 3.52. The standard InChI is InChI=1S/C56H72N2O12S/c1-34(68-54(2,3)4)50(52(62)71-33-44-47(65-12)30-38(64-11)31-48(44)66-13)58-51(61)36(28-35-22-24-37(25-23-35)69-55(5,6)7)29-46(59)45(26-27-49(60)70-56(8,9)10)57-53(63)67-32-43-41-20-16-14-18-39(41)40-19-15-17-21-42(40)43/h14-25,30-31,34,36,43,45,50H,26-29,32-33H2,1-13H3,(H,57,63)(H,58,61)/t34-,36-,45+,50+/m1/s1. The van der Waals surface area contributed by atoms with Gasteiger partial charge in [0.2, 0.25) is 11.0 Å². The molecule has 0 heterocycles. The number of carbonyl (C=O) groups is 5. The van der Waals surface area contributed by atoms with Gasteiger partial charge in [0.15, 0.2) is 5.78 Å². The van der Waals surface area contributed by atoms with Gasteiger partial charge in [0.25, 0.3) is 0 Å². The highest BCUT2D eigenvalue weighted by Crippen LogP contribution is 2.44. The van der Waals surface area contributed by atoms with Gasteiger partial charge >= 0.3 is 12.1 Å². The van der Waals surface area contributed by atoms with E-state index in [9.17, 15) is 24.0 Å². The summed E-state index contributed by atoms with van der Waals surface area (Å²) in [4.78, 5) is 70.8. The Morgan fingerprint density at radius 2 is 1.27 bits per heavy atom. The van der Waals surface area contributed by atoms with Gasteiger partial charge in [-0.25, -0.2) is 4.79 Å². The molecule has 0 unspecified atom stereocenters. The van der Waals surface area contributed by atoms with E-state index in [0.29, 0.717) is 34.1 Å². The summed E-state index contributed by atoms with van der Waals surface area (Å²) < 4.78 is 40.4. The number of alkyl carbamates (subject to hydrolysis) is 1. The molecule has 0 aliphatic heterocycles. The molecule has 0 spiro atoms. The molecule has 0 fully saturated rings. The van der Waals surface area contributed by atoms with Crippen LogP contribution in [0.1, 0.15) is 117 Å². The molecule has 0 bridgehead atoms. The van der Waals surface area contributed by atoms with Crippen molar-refractivity contribution in [2.24, 2.45) is 5.92 Å². The van der Waals surface area contributed by atoms with Crippen molar-refractivity contribution in [3.8, 4) is 34.1 Å². The molecule has 71 heavy (non-hydrogen) atoms. The first kappa shape index (κ1) is 55.9. The third-order valence-corrected chi connectivity index (χ3v) is 12.4. The highest BCUT2D eigenvalue weighted by Gasteiger charge is 2.36. The third kappa shape index (κ3) is 16.5. The van der Waals surface area contributed by atoms with Crippen LogP contribution in [0, 0.1) is 5.92 Å². The van der Waals surface area contributed by atoms with Gasteiger partial charge in [0, 0.05) is 48.1 Å². The largest absolute Gasteiger partial charge is 0.496 e. The summed E-state index contributed by atoms with van der Waals surface area (Å²) in [7, 11) is 4.54. The Morgan fingerprint density at radius 3 is 1.79 bits per heavy atom. The molecule has 1 aliphatic carbocycles. The van der Waals surface area contributed by atoms with E-state index in [1.54, 1.807) is 52.0 Å². The molecule has 0 radical (unpaired) electrons. The molecule has 1 aliphatic rings. The Morgan fingerprint density at radius 1 is 0.690 bits per heavy atom. The lowest BCUT2D eigenvalue weighted by atomic mass is 9.90. The van der Waals surface area contributed by atoms with Crippen molar-refractivity contribution in [2.45, 2.75) is 142 Å². The number of ether oxygens (including phenoxy) is 7. The van der Waals surface area contributed by atoms with Crippen molar-refractivity contribution in [1.82, 2.24) is 10.6 Å². The van der Waals surface area contributed by atoms with E-state index in [4.69, 9.17) is 33.2 Å². The number of hydrogen-bond donors (Lipinski definition) is 2. The molecule has 0 aromatic heterocycles. The summed E-state index contributed by atoms with van der Waals surface area (Å²) in [6.07, 6.45) is -2.32. The Kier molecular flexibility index (Phi) is 19.2. The van der Waals surface area contributed by atoms with Crippen LogP contribution in [-0.2, 0) is 45.6 Å². The fraction of sp³-hybridized carbons (Fsp3) is 0.482. The number of benzene rings is 4. The maximum Gasteiger partial charge on any atom is 0.407 e. The van der Waals surface area contributed by atoms with Gasteiger partial charge in [-0.15, -0.1) is 0 Å². The molecule has 2 amide bonds. The van der Waals surface area contributed by atoms with Crippen molar-refractivity contribution < 1.29 is 57.1 Å². The first-order valence-corrected chi connectivity index (χ1v) is 24.9. The zero-order valence-corrected chi connectivity index (χ0v) is 44.3. The third-order valence-electron chi connectivity index (χ3n) is 11.5. The second-order valence-electron chi connectivity index (χ2n) is 20.6. The molecule has 15 heteroatoms. The Hall–Kier alpha value is -6.06. The molecule has 4 aromatic rings. The van der Waals surface area contributed by atoms with Gasteiger partial charge in [-0.1, -0.05) is 72.4 Å². The van der Waals surface area contributed by atoms with E-state index in [1.807, 2.05) is 102 Å². The minimum absolute atomic E-state index is 0.00688. The first-order valence-electron chi connectivity index (χ1n) is 24.0. The minimum atomic E-state index is -1.25. The lowest BCUT2D eigenvalue weighted by molar-refractivity contribution is -0.155. The Labute approximate surface area is 423 Å². The maximum absolute atomic E-state index is 14.8. The molecule has 4 atom stereocenters. The van der Waals surface area contributed by atoms with E-state index in [0.717, 1.165) is 34.0 Å². The summed E-state index contributed by atoms with van der Waals surface area (Å²) in [5.74, 6) is -0.831. The van der Waals surface area contributed by atoms with Gasteiger partial charge in [0.1, 0.15) is 46.8 Å². The molecule has 14 nitrogen and oxygen atoms in total. The van der Waals surface area contributed by atoms with Gasteiger partial charge in [-0.05, 0) is 122 Å². The number of esters is 1. The normalized spacial score (nSPS) is 14.2. The number of methoxy groups -OCH3 is 3. The van der Waals surface area contributed by atoms with Crippen LogP contribution in [0.2, 0.25) is 0 Å².